The van der Waals surface area contributed by atoms with Crippen LogP contribution >= 0.6 is 12.4 Å². The third-order valence-corrected chi connectivity index (χ3v) is 4.13. The lowest BCUT2D eigenvalue weighted by Gasteiger charge is -2.36. The van der Waals surface area contributed by atoms with E-state index in [4.69, 9.17) is 4.74 Å². The van der Waals surface area contributed by atoms with Gasteiger partial charge in [-0.15, -0.1) is 12.4 Å². The maximum absolute atomic E-state index is 13.5. The van der Waals surface area contributed by atoms with Crippen LogP contribution in [0.5, 0.6) is 5.75 Å². The number of benzene rings is 2. The molecule has 1 N–H and O–H groups in total. The van der Waals surface area contributed by atoms with Crippen LogP contribution < -0.4 is 10.1 Å². The SMILES string of the molecule is Cl.O=C(CCOc1ccccc1)N1CCNCC1c1cccc(F)c1. The molecule has 134 valence electrons. The molecule has 0 radical (unpaired) electrons. The van der Waals surface area contributed by atoms with Crippen molar-refractivity contribution in [3.63, 3.8) is 0 Å². The summed E-state index contributed by atoms with van der Waals surface area (Å²) < 4.78 is 19.1. The average molecular weight is 365 g/mol. The van der Waals surface area contributed by atoms with E-state index in [0.717, 1.165) is 17.9 Å². The first kappa shape index (κ1) is 19.2. The topological polar surface area (TPSA) is 41.6 Å². The summed E-state index contributed by atoms with van der Waals surface area (Å²) >= 11 is 0. The predicted octanol–water partition coefficient (Wildman–Crippen LogP) is 3.19. The second kappa shape index (κ2) is 9.39. The molecule has 1 fully saturated rings. The number of para-hydroxylation sites is 1. The zero-order chi connectivity index (χ0) is 16.8. The molecule has 3 rings (SSSR count). The number of nitrogens with one attached hydrogen (secondary N) is 1. The first-order chi connectivity index (χ1) is 11.7. The van der Waals surface area contributed by atoms with Crippen molar-refractivity contribution < 1.29 is 13.9 Å². The number of rotatable bonds is 5. The number of carbonyl (C=O) groups is 1. The summed E-state index contributed by atoms with van der Waals surface area (Å²) in [6, 6.07) is 15.8. The first-order valence-electron chi connectivity index (χ1n) is 8.17. The van der Waals surface area contributed by atoms with Crippen LogP contribution in [0.1, 0.15) is 18.0 Å². The highest BCUT2D eigenvalue weighted by Crippen LogP contribution is 2.23. The average Bonchev–Trinajstić information content (AvgIpc) is 2.62. The van der Waals surface area contributed by atoms with E-state index in [2.05, 4.69) is 5.32 Å². The molecule has 4 nitrogen and oxygen atoms in total. The Morgan fingerprint density at radius 1 is 1.20 bits per heavy atom. The zero-order valence-corrected chi connectivity index (χ0v) is 14.7. The molecule has 0 aliphatic carbocycles. The van der Waals surface area contributed by atoms with Crippen LogP contribution in [0.3, 0.4) is 0 Å². The summed E-state index contributed by atoms with van der Waals surface area (Å²) in [5.41, 5.74) is 0.819. The standard InChI is InChI=1S/C19H21FN2O2.ClH/c20-16-6-4-5-15(13-16)18-14-21-10-11-22(18)19(23)9-12-24-17-7-2-1-3-8-17;/h1-8,13,18,21H,9-12,14H2;1H. The van der Waals surface area contributed by atoms with E-state index in [0.29, 0.717) is 26.1 Å². The van der Waals surface area contributed by atoms with Gasteiger partial charge in [0.25, 0.3) is 0 Å². The molecule has 1 amide bonds. The van der Waals surface area contributed by atoms with E-state index in [-0.39, 0.29) is 30.2 Å². The highest BCUT2D eigenvalue weighted by atomic mass is 35.5. The zero-order valence-electron chi connectivity index (χ0n) is 13.9. The second-order valence-electron chi connectivity index (χ2n) is 5.77. The van der Waals surface area contributed by atoms with Crippen LogP contribution in [-0.4, -0.2) is 37.0 Å². The van der Waals surface area contributed by atoms with E-state index >= 15 is 0 Å². The Balaban J connectivity index is 0.00000225. The molecule has 1 unspecified atom stereocenters. The van der Waals surface area contributed by atoms with Crippen LogP contribution in [-0.2, 0) is 4.79 Å². The molecule has 1 atom stereocenters. The number of nitrogens with zero attached hydrogens (tertiary/aromatic N) is 1. The number of amides is 1. The van der Waals surface area contributed by atoms with Gasteiger partial charge in [0.1, 0.15) is 11.6 Å². The van der Waals surface area contributed by atoms with Gasteiger partial charge >= 0.3 is 0 Å². The molecule has 0 spiro atoms. The van der Waals surface area contributed by atoms with Gasteiger partial charge in [0, 0.05) is 19.6 Å². The molecule has 6 heteroatoms. The highest BCUT2D eigenvalue weighted by Gasteiger charge is 2.27. The fraction of sp³-hybridized carbons (Fsp3) is 0.316. The maximum atomic E-state index is 13.5. The fourth-order valence-electron chi connectivity index (χ4n) is 2.93. The second-order valence-corrected chi connectivity index (χ2v) is 5.77. The normalized spacial score (nSPS) is 16.8. The molecule has 1 aliphatic heterocycles. The number of halogens is 2. The van der Waals surface area contributed by atoms with Crippen molar-refractivity contribution in [2.75, 3.05) is 26.2 Å². The Morgan fingerprint density at radius 2 is 2.00 bits per heavy atom. The minimum absolute atomic E-state index is 0. The Kier molecular flexibility index (Phi) is 7.22. The molecule has 1 heterocycles. The number of carbonyl (C=O) groups excluding carboxylic acids is 1. The van der Waals surface area contributed by atoms with Crippen molar-refractivity contribution in [2.45, 2.75) is 12.5 Å². The van der Waals surface area contributed by atoms with Crippen LogP contribution in [0.4, 0.5) is 4.39 Å². The van der Waals surface area contributed by atoms with Crippen molar-refractivity contribution >= 4 is 18.3 Å². The highest BCUT2D eigenvalue weighted by molar-refractivity contribution is 5.85. The van der Waals surface area contributed by atoms with Crippen molar-refractivity contribution in [2.24, 2.45) is 0 Å². The smallest absolute Gasteiger partial charge is 0.226 e. The molecule has 25 heavy (non-hydrogen) atoms. The van der Waals surface area contributed by atoms with Crippen LogP contribution in [0.15, 0.2) is 54.6 Å². The van der Waals surface area contributed by atoms with Crippen molar-refractivity contribution in [3.05, 3.63) is 66.0 Å². The fourth-order valence-corrected chi connectivity index (χ4v) is 2.93. The molecule has 2 aromatic rings. The van der Waals surface area contributed by atoms with Crippen LogP contribution in [0.2, 0.25) is 0 Å². The number of ether oxygens (including phenoxy) is 1. The number of hydrogen-bond acceptors (Lipinski definition) is 3. The minimum Gasteiger partial charge on any atom is -0.493 e. The molecule has 2 aromatic carbocycles. The van der Waals surface area contributed by atoms with Crippen LogP contribution in [0, 0.1) is 5.82 Å². The van der Waals surface area contributed by atoms with Gasteiger partial charge in [0.2, 0.25) is 5.91 Å². The molecule has 1 saturated heterocycles. The van der Waals surface area contributed by atoms with Crippen molar-refractivity contribution in [3.8, 4) is 5.75 Å². The lowest BCUT2D eigenvalue weighted by molar-refractivity contribution is -0.135. The van der Waals surface area contributed by atoms with Gasteiger partial charge in [-0.1, -0.05) is 30.3 Å². The van der Waals surface area contributed by atoms with Gasteiger partial charge in [-0.25, -0.2) is 4.39 Å². The summed E-state index contributed by atoms with van der Waals surface area (Å²) in [7, 11) is 0. The quantitative estimate of drug-likeness (QED) is 0.886. The number of hydrogen-bond donors (Lipinski definition) is 1. The van der Waals surface area contributed by atoms with E-state index in [1.165, 1.54) is 12.1 Å². The molecule has 1 aliphatic rings. The van der Waals surface area contributed by atoms with E-state index in [9.17, 15) is 9.18 Å². The minimum atomic E-state index is -0.280. The van der Waals surface area contributed by atoms with Crippen molar-refractivity contribution in [1.82, 2.24) is 10.2 Å². The Bertz CT molecular complexity index is 684. The monoisotopic (exact) mass is 364 g/mol. The summed E-state index contributed by atoms with van der Waals surface area (Å²) in [6.07, 6.45) is 0.306. The van der Waals surface area contributed by atoms with Gasteiger partial charge in [-0.3, -0.25) is 4.79 Å². The number of piperazine rings is 1. The Labute approximate surface area is 153 Å². The summed E-state index contributed by atoms with van der Waals surface area (Å²) in [5, 5.41) is 3.27. The van der Waals surface area contributed by atoms with E-state index < -0.39 is 0 Å². The van der Waals surface area contributed by atoms with Crippen LogP contribution in [0.25, 0.3) is 0 Å². The molecule has 0 bridgehead atoms. The largest absolute Gasteiger partial charge is 0.493 e. The lowest BCUT2D eigenvalue weighted by Crippen LogP contribution is -2.49. The van der Waals surface area contributed by atoms with E-state index in [1.807, 2.05) is 41.3 Å². The molecular formula is C19H22ClFN2O2. The molecular weight excluding hydrogens is 343 g/mol. The van der Waals surface area contributed by atoms with Gasteiger partial charge in [-0.05, 0) is 29.8 Å². The van der Waals surface area contributed by atoms with Gasteiger partial charge in [-0.2, -0.15) is 0 Å². The third-order valence-electron chi connectivity index (χ3n) is 4.13. The molecule has 0 saturated carbocycles. The Morgan fingerprint density at radius 3 is 2.76 bits per heavy atom. The predicted molar refractivity (Wildman–Crippen MR) is 97.5 cm³/mol. The third kappa shape index (κ3) is 5.18. The summed E-state index contributed by atoms with van der Waals surface area (Å²) in [5.74, 6) is 0.506. The van der Waals surface area contributed by atoms with Gasteiger partial charge in [0.05, 0.1) is 19.1 Å². The maximum Gasteiger partial charge on any atom is 0.226 e. The van der Waals surface area contributed by atoms with Gasteiger partial charge < -0.3 is 15.0 Å². The summed E-state index contributed by atoms with van der Waals surface area (Å²) in [4.78, 5) is 14.4. The van der Waals surface area contributed by atoms with Gasteiger partial charge in [0.15, 0.2) is 0 Å². The Hall–Kier alpha value is -2.11. The van der Waals surface area contributed by atoms with E-state index in [1.54, 1.807) is 6.07 Å². The molecule has 0 aromatic heterocycles. The lowest BCUT2D eigenvalue weighted by atomic mass is 10.0. The van der Waals surface area contributed by atoms with Crippen molar-refractivity contribution in [1.29, 1.82) is 0 Å². The summed E-state index contributed by atoms with van der Waals surface area (Å²) in [6.45, 7) is 2.33. The first-order valence-corrected chi connectivity index (χ1v) is 8.17.